The van der Waals surface area contributed by atoms with Crippen LogP contribution in [0.5, 0.6) is 5.75 Å². The molecular formula is C27H19F9O3. The monoisotopic (exact) mass is 562 g/mol. The van der Waals surface area contributed by atoms with E-state index in [0.29, 0.717) is 30.3 Å². The highest BCUT2D eigenvalue weighted by molar-refractivity contribution is 5.66. The van der Waals surface area contributed by atoms with Gasteiger partial charge in [-0.25, -0.2) is 17.6 Å². The summed E-state index contributed by atoms with van der Waals surface area (Å²) in [7, 11) is 0. The van der Waals surface area contributed by atoms with Crippen molar-refractivity contribution in [3.8, 4) is 16.9 Å². The lowest BCUT2D eigenvalue weighted by Crippen LogP contribution is -2.27. The van der Waals surface area contributed by atoms with Crippen LogP contribution in [0.15, 0.2) is 60.7 Å². The van der Waals surface area contributed by atoms with Crippen molar-refractivity contribution in [2.45, 2.75) is 25.5 Å². The largest absolute Gasteiger partial charge is 0.429 e. The Morgan fingerprint density at radius 2 is 1.36 bits per heavy atom. The molecule has 3 aromatic carbocycles. The Morgan fingerprint density at radius 3 is 1.90 bits per heavy atom. The van der Waals surface area contributed by atoms with Gasteiger partial charge in [0.05, 0.1) is 29.9 Å². The molecule has 0 aliphatic carbocycles. The van der Waals surface area contributed by atoms with Crippen LogP contribution >= 0.6 is 0 Å². The molecule has 3 nitrogen and oxygen atoms in total. The lowest BCUT2D eigenvalue weighted by molar-refractivity contribution is -0.198. The second kappa shape index (κ2) is 10.9. The van der Waals surface area contributed by atoms with Crippen LogP contribution in [0.1, 0.15) is 29.9 Å². The van der Waals surface area contributed by atoms with Crippen LogP contribution < -0.4 is 4.74 Å². The third-order valence-corrected chi connectivity index (χ3v) is 5.79. The lowest BCUT2D eigenvalue weighted by atomic mass is 10.0. The van der Waals surface area contributed by atoms with Crippen LogP contribution in [0.2, 0.25) is 0 Å². The summed E-state index contributed by atoms with van der Waals surface area (Å²) in [5.41, 5.74) is -4.36. The Bertz CT molecular complexity index is 1350. The van der Waals surface area contributed by atoms with E-state index < -0.39 is 69.8 Å². The van der Waals surface area contributed by atoms with Crippen molar-refractivity contribution in [1.29, 1.82) is 0 Å². The van der Waals surface area contributed by atoms with Crippen molar-refractivity contribution in [1.82, 2.24) is 0 Å². The summed E-state index contributed by atoms with van der Waals surface area (Å²) in [5.74, 6) is -7.32. The maximum Gasteiger partial charge on any atom is 0.429 e. The second-order valence-corrected chi connectivity index (χ2v) is 8.60. The molecule has 4 rings (SSSR count). The number of benzene rings is 3. The molecule has 208 valence electrons. The third-order valence-electron chi connectivity index (χ3n) is 5.79. The third kappa shape index (κ3) is 6.22. The summed E-state index contributed by atoms with van der Waals surface area (Å²) in [4.78, 5) is 0. The summed E-state index contributed by atoms with van der Waals surface area (Å²) in [6.07, 6.45) is -6.75. The molecule has 1 aliphatic rings. The molecule has 12 heteroatoms. The van der Waals surface area contributed by atoms with Gasteiger partial charge in [0, 0.05) is 23.6 Å². The topological polar surface area (TPSA) is 27.7 Å². The number of allylic oxidation sites excluding steroid dienone is 1. The van der Waals surface area contributed by atoms with Crippen molar-refractivity contribution in [2.75, 3.05) is 13.2 Å². The summed E-state index contributed by atoms with van der Waals surface area (Å²) >= 11 is 0. The van der Waals surface area contributed by atoms with E-state index in [1.165, 1.54) is 0 Å². The maximum atomic E-state index is 14.8. The average Bonchev–Trinajstić information content (AvgIpc) is 2.83. The van der Waals surface area contributed by atoms with E-state index in [2.05, 4.69) is 4.74 Å². The van der Waals surface area contributed by atoms with Crippen LogP contribution in [0.25, 0.3) is 11.1 Å². The molecule has 0 saturated carbocycles. The van der Waals surface area contributed by atoms with E-state index in [9.17, 15) is 39.5 Å². The summed E-state index contributed by atoms with van der Waals surface area (Å²) in [6.45, 7) is 2.35. The fourth-order valence-corrected chi connectivity index (χ4v) is 4.00. The van der Waals surface area contributed by atoms with Gasteiger partial charge in [-0.2, -0.15) is 22.0 Å². The molecule has 39 heavy (non-hydrogen) atoms. The zero-order chi connectivity index (χ0) is 28.5. The number of halogens is 9. The molecule has 1 aliphatic heterocycles. The second-order valence-electron chi connectivity index (χ2n) is 8.60. The number of ether oxygens (including phenoxy) is 3. The molecule has 1 heterocycles. The van der Waals surface area contributed by atoms with E-state index >= 15 is 0 Å². The Labute approximate surface area is 216 Å². The van der Waals surface area contributed by atoms with Crippen molar-refractivity contribution in [3.63, 3.8) is 0 Å². The Hall–Kier alpha value is -3.51. The molecule has 1 saturated heterocycles. The zero-order valence-corrected chi connectivity index (χ0v) is 20.0. The van der Waals surface area contributed by atoms with Crippen molar-refractivity contribution in [2.24, 2.45) is 5.92 Å². The van der Waals surface area contributed by atoms with E-state index in [4.69, 9.17) is 9.47 Å². The van der Waals surface area contributed by atoms with Gasteiger partial charge >= 0.3 is 12.3 Å². The van der Waals surface area contributed by atoms with Gasteiger partial charge in [0.25, 0.3) is 0 Å². The van der Waals surface area contributed by atoms with Crippen LogP contribution in [0.3, 0.4) is 0 Å². The van der Waals surface area contributed by atoms with Gasteiger partial charge < -0.3 is 14.2 Å². The first-order valence-electron chi connectivity index (χ1n) is 11.4. The standard InChI is InChI=1S/C27H19F9O3/c1-2-3-14-12-37-25(38-13-14)16-5-7-19(21(29)9-16)27(35,36)39-17-10-22(30)24(23(31)11-17)15-4-6-18(20(28)8-15)26(32,33)34/h2-11,14,25H,12-13H2,1H3/b3-2+. The number of hydrogen-bond donors (Lipinski definition) is 0. The summed E-state index contributed by atoms with van der Waals surface area (Å²) in [6, 6.07) is 4.41. The van der Waals surface area contributed by atoms with E-state index in [0.717, 1.165) is 12.1 Å². The Balaban J connectivity index is 1.54. The van der Waals surface area contributed by atoms with E-state index in [1.807, 2.05) is 19.1 Å². The highest BCUT2D eigenvalue weighted by atomic mass is 19.4. The number of alkyl halides is 5. The normalized spacial score (nSPS) is 18.5. The first-order chi connectivity index (χ1) is 18.3. The molecule has 0 radical (unpaired) electrons. The fourth-order valence-electron chi connectivity index (χ4n) is 4.00. The van der Waals surface area contributed by atoms with Gasteiger partial charge in [-0.3, -0.25) is 0 Å². The van der Waals surface area contributed by atoms with Crippen molar-refractivity contribution in [3.05, 3.63) is 101 Å². The maximum absolute atomic E-state index is 14.8. The minimum atomic E-state index is -5.04. The summed E-state index contributed by atoms with van der Waals surface area (Å²) in [5, 5.41) is 0. The minimum absolute atomic E-state index is 0.0152. The van der Waals surface area contributed by atoms with E-state index in [-0.39, 0.29) is 30.8 Å². The quantitative estimate of drug-likeness (QED) is 0.224. The van der Waals surface area contributed by atoms with Crippen LogP contribution in [-0.4, -0.2) is 13.2 Å². The SMILES string of the molecule is C/C=C/C1COC(c2ccc(C(F)(F)Oc3cc(F)c(-c4ccc(C(F)(F)F)c(F)c4)c(F)c3)c(F)c2)OC1. The molecule has 0 N–H and O–H groups in total. The molecule has 0 amide bonds. The highest BCUT2D eigenvalue weighted by Crippen LogP contribution is 2.39. The van der Waals surface area contributed by atoms with Crippen LogP contribution in [-0.2, 0) is 21.8 Å². The van der Waals surface area contributed by atoms with Crippen molar-refractivity contribution < 1.29 is 53.7 Å². The molecule has 0 aromatic heterocycles. The Morgan fingerprint density at radius 1 is 0.769 bits per heavy atom. The zero-order valence-electron chi connectivity index (χ0n) is 20.0. The molecule has 0 spiro atoms. The van der Waals surface area contributed by atoms with Crippen LogP contribution in [0, 0.1) is 29.2 Å². The smallest absolute Gasteiger partial charge is 0.429 e. The van der Waals surface area contributed by atoms with Gasteiger partial charge in [0.1, 0.15) is 29.0 Å². The summed E-state index contributed by atoms with van der Waals surface area (Å²) < 4.78 is 141. The first kappa shape index (κ1) is 28.5. The van der Waals surface area contributed by atoms with Gasteiger partial charge in [-0.1, -0.05) is 24.3 Å². The molecule has 0 atom stereocenters. The number of hydrogen-bond acceptors (Lipinski definition) is 3. The van der Waals surface area contributed by atoms with Gasteiger partial charge in [0.2, 0.25) is 0 Å². The predicted molar refractivity (Wildman–Crippen MR) is 121 cm³/mol. The first-order valence-corrected chi connectivity index (χ1v) is 11.4. The highest BCUT2D eigenvalue weighted by Gasteiger charge is 2.39. The molecule has 1 fully saturated rings. The molecule has 0 bridgehead atoms. The van der Waals surface area contributed by atoms with Crippen molar-refractivity contribution >= 4 is 0 Å². The predicted octanol–water partition coefficient (Wildman–Crippen LogP) is 8.29. The minimum Gasteiger partial charge on any atom is -0.429 e. The van der Waals surface area contributed by atoms with Gasteiger partial charge in [-0.05, 0) is 36.8 Å². The lowest BCUT2D eigenvalue weighted by Gasteiger charge is -2.28. The molecule has 3 aromatic rings. The van der Waals surface area contributed by atoms with E-state index in [1.54, 1.807) is 0 Å². The number of rotatable bonds is 6. The average molecular weight is 562 g/mol. The van der Waals surface area contributed by atoms with Crippen LogP contribution in [0.4, 0.5) is 39.5 Å². The molecular weight excluding hydrogens is 543 g/mol. The fraction of sp³-hybridized carbons (Fsp3) is 0.259. The van der Waals surface area contributed by atoms with Gasteiger partial charge in [-0.15, -0.1) is 0 Å². The Kier molecular flexibility index (Phi) is 7.99. The molecule has 0 unspecified atom stereocenters. The van der Waals surface area contributed by atoms with Gasteiger partial charge in [0.15, 0.2) is 6.29 Å².